The van der Waals surface area contributed by atoms with E-state index in [2.05, 4.69) is 46.0 Å². The molecule has 0 aliphatic rings. The van der Waals surface area contributed by atoms with E-state index in [1.807, 2.05) is 0 Å². The normalized spacial score (nSPS) is 12.6. The van der Waals surface area contributed by atoms with E-state index < -0.39 is 0 Å². The van der Waals surface area contributed by atoms with E-state index >= 15 is 0 Å². The molecule has 0 aromatic carbocycles. The van der Waals surface area contributed by atoms with Crippen LogP contribution in [0.25, 0.3) is 0 Å². The lowest BCUT2D eigenvalue weighted by molar-refractivity contribution is 0.276. The molecule has 0 aromatic heterocycles. The van der Waals surface area contributed by atoms with Gasteiger partial charge in [0.2, 0.25) is 0 Å². The Morgan fingerprint density at radius 1 is 1.15 bits per heavy atom. The van der Waals surface area contributed by atoms with Crippen LogP contribution in [0.4, 0.5) is 0 Å². The zero-order chi connectivity index (χ0) is 10.5. The third-order valence-corrected chi connectivity index (χ3v) is 2.01. The summed E-state index contributed by atoms with van der Waals surface area (Å²) in [4.78, 5) is 0. The molecular formula is C11H22N2. The SMILES string of the molecule is CC(C)(CCC#N)CNC(C)(C)C. The van der Waals surface area contributed by atoms with Crippen molar-refractivity contribution in [3.8, 4) is 6.07 Å². The first-order valence-corrected chi connectivity index (χ1v) is 4.89. The highest BCUT2D eigenvalue weighted by Gasteiger charge is 2.20. The molecule has 2 heteroatoms. The molecule has 0 saturated carbocycles. The standard InChI is InChI=1S/C11H22N2/c1-10(2,3)13-9-11(4,5)7-6-8-12/h13H,6-7,9H2,1-5H3. The first-order chi connectivity index (χ1) is 5.77. The fourth-order valence-electron chi connectivity index (χ4n) is 0.987. The Kier molecular flexibility index (Phi) is 4.43. The zero-order valence-electron chi connectivity index (χ0n) is 9.57. The monoisotopic (exact) mass is 182 g/mol. The molecule has 0 radical (unpaired) electrons. The minimum Gasteiger partial charge on any atom is -0.312 e. The topological polar surface area (TPSA) is 35.8 Å². The Morgan fingerprint density at radius 2 is 1.69 bits per heavy atom. The molecule has 76 valence electrons. The summed E-state index contributed by atoms with van der Waals surface area (Å²) in [5.41, 5.74) is 0.396. The van der Waals surface area contributed by atoms with Crippen LogP contribution in [0.2, 0.25) is 0 Å². The van der Waals surface area contributed by atoms with Crippen molar-refractivity contribution < 1.29 is 0 Å². The Labute approximate surface area is 82.3 Å². The van der Waals surface area contributed by atoms with Crippen LogP contribution in [0, 0.1) is 16.7 Å². The summed E-state index contributed by atoms with van der Waals surface area (Å²) in [5, 5.41) is 11.9. The largest absolute Gasteiger partial charge is 0.312 e. The van der Waals surface area contributed by atoms with Crippen molar-refractivity contribution in [2.24, 2.45) is 5.41 Å². The van der Waals surface area contributed by atoms with Gasteiger partial charge in [0.25, 0.3) is 0 Å². The first-order valence-electron chi connectivity index (χ1n) is 4.89. The second-order valence-corrected chi connectivity index (χ2v) is 5.43. The maximum absolute atomic E-state index is 8.49. The van der Waals surface area contributed by atoms with Gasteiger partial charge in [0, 0.05) is 18.5 Å². The average Bonchev–Trinajstić information content (AvgIpc) is 1.97. The Morgan fingerprint density at radius 3 is 2.08 bits per heavy atom. The van der Waals surface area contributed by atoms with E-state index in [-0.39, 0.29) is 11.0 Å². The van der Waals surface area contributed by atoms with Crippen LogP contribution < -0.4 is 5.32 Å². The van der Waals surface area contributed by atoms with Crippen molar-refractivity contribution in [3.63, 3.8) is 0 Å². The summed E-state index contributed by atoms with van der Waals surface area (Å²) in [6.07, 6.45) is 1.62. The molecule has 0 bridgehead atoms. The summed E-state index contributed by atoms with van der Waals surface area (Å²) < 4.78 is 0. The fourth-order valence-corrected chi connectivity index (χ4v) is 0.987. The third-order valence-electron chi connectivity index (χ3n) is 2.01. The van der Waals surface area contributed by atoms with Gasteiger partial charge < -0.3 is 5.32 Å². The van der Waals surface area contributed by atoms with Crippen LogP contribution in [-0.2, 0) is 0 Å². The number of nitriles is 1. The van der Waals surface area contributed by atoms with Crippen molar-refractivity contribution in [1.82, 2.24) is 5.32 Å². The van der Waals surface area contributed by atoms with E-state index in [1.54, 1.807) is 0 Å². The van der Waals surface area contributed by atoms with Crippen LogP contribution in [0.1, 0.15) is 47.5 Å². The lowest BCUT2D eigenvalue weighted by Gasteiger charge is -2.29. The minimum atomic E-state index is 0.171. The van der Waals surface area contributed by atoms with Crippen molar-refractivity contribution >= 4 is 0 Å². The predicted octanol–water partition coefficient (Wildman–Crippen LogP) is 2.70. The van der Waals surface area contributed by atoms with Gasteiger partial charge in [0.15, 0.2) is 0 Å². The van der Waals surface area contributed by atoms with E-state index in [1.165, 1.54) is 0 Å². The molecule has 0 atom stereocenters. The van der Waals surface area contributed by atoms with Crippen molar-refractivity contribution in [2.45, 2.75) is 53.0 Å². The van der Waals surface area contributed by atoms with E-state index in [0.717, 1.165) is 13.0 Å². The number of rotatable bonds is 4. The molecule has 13 heavy (non-hydrogen) atoms. The smallest absolute Gasteiger partial charge is 0.0621 e. The highest BCUT2D eigenvalue weighted by atomic mass is 14.9. The quantitative estimate of drug-likeness (QED) is 0.725. The molecule has 0 fully saturated rings. The molecule has 0 unspecified atom stereocenters. The Balaban J connectivity index is 3.83. The molecule has 0 heterocycles. The summed E-state index contributed by atoms with van der Waals surface area (Å²) in [7, 11) is 0. The van der Waals surface area contributed by atoms with Gasteiger partial charge in [-0.05, 0) is 32.6 Å². The third kappa shape index (κ3) is 7.80. The molecule has 0 aliphatic heterocycles. The fraction of sp³-hybridized carbons (Fsp3) is 0.909. The maximum atomic E-state index is 8.49. The molecule has 0 aromatic rings. The van der Waals surface area contributed by atoms with Gasteiger partial charge >= 0.3 is 0 Å². The highest BCUT2D eigenvalue weighted by molar-refractivity contribution is 4.81. The molecular weight excluding hydrogens is 160 g/mol. The van der Waals surface area contributed by atoms with Gasteiger partial charge in [-0.25, -0.2) is 0 Å². The van der Waals surface area contributed by atoms with E-state index in [4.69, 9.17) is 5.26 Å². The van der Waals surface area contributed by atoms with Crippen molar-refractivity contribution in [2.75, 3.05) is 6.54 Å². The van der Waals surface area contributed by atoms with Gasteiger partial charge in [-0.15, -0.1) is 0 Å². The van der Waals surface area contributed by atoms with Crippen molar-refractivity contribution in [1.29, 1.82) is 5.26 Å². The molecule has 2 nitrogen and oxygen atoms in total. The van der Waals surface area contributed by atoms with Crippen LogP contribution in [0.5, 0.6) is 0 Å². The molecule has 0 saturated heterocycles. The lowest BCUT2D eigenvalue weighted by Crippen LogP contribution is -2.41. The lowest BCUT2D eigenvalue weighted by atomic mass is 9.87. The number of nitrogens with zero attached hydrogens (tertiary/aromatic N) is 1. The summed E-state index contributed by atoms with van der Waals surface area (Å²) in [6.45, 7) is 11.8. The summed E-state index contributed by atoms with van der Waals surface area (Å²) in [5.74, 6) is 0. The van der Waals surface area contributed by atoms with Crippen LogP contribution in [0.3, 0.4) is 0 Å². The van der Waals surface area contributed by atoms with Gasteiger partial charge in [0.1, 0.15) is 0 Å². The minimum absolute atomic E-state index is 0.171. The van der Waals surface area contributed by atoms with E-state index in [0.29, 0.717) is 6.42 Å². The molecule has 0 aliphatic carbocycles. The number of nitrogens with one attached hydrogen (secondary N) is 1. The average molecular weight is 182 g/mol. The van der Waals surface area contributed by atoms with Gasteiger partial charge in [-0.2, -0.15) is 5.26 Å². The Hall–Kier alpha value is -0.550. The predicted molar refractivity (Wildman–Crippen MR) is 56.4 cm³/mol. The van der Waals surface area contributed by atoms with Gasteiger partial charge in [-0.3, -0.25) is 0 Å². The second kappa shape index (κ2) is 4.62. The van der Waals surface area contributed by atoms with Gasteiger partial charge in [0.05, 0.1) is 6.07 Å². The first kappa shape index (κ1) is 12.4. The molecule has 0 spiro atoms. The van der Waals surface area contributed by atoms with E-state index in [9.17, 15) is 0 Å². The molecule has 1 N–H and O–H groups in total. The highest BCUT2D eigenvalue weighted by Crippen LogP contribution is 2.21. The number of hydrogen-bond donors (Lipinski definition) is 1. The summed E-state index contributed by atoms with van der Waals surface area (Å²) >= 11 is 0. The van der Waals surface area contributed by atoms with Crippen LogP contribution in [0.15, 0.2) is 0 Å². The van der Waals surface area contributed by atoms with Gasteiger partial charge in [-0.1, -0.05) is 13.8 Å². The maximum Gasteiger partial charge on any atom is 0.0621 e. The summed E-state index contributed by atoms with van der Waals surface area (Å²) in [6, 6.07) is 2.19. The zero-order valence-corrected chi connectivity index (χ0v) is 9.57. The van der Waals surface area contributed by atoms with Crippen LogP contribution >= 0.6 is 0 Å². The second-order valence-electron chi connectivity index (χ2n) is 5.43. The van der Waals surface area contributed by atoms with Crippen molar-refractivity contribution in [3.05, 3.63) is 0 Å². The number of hydrogen-bond acceptors (Lipinski definition) is 2. The molecule has 0 amide bonds. The van der Waals surface area contributed by atoms with Crippen LogP contribution in [-0.4, -0.2) is 12.1 Å². The molecule has 0 rings (SSSR count). The Bertz CT molecular complexity index is 181.